The van der Waals surface area contributed by atoms with Crippen molar-refractivity contribution in [3.05, 3.63) is 0 Å². The maximum Gasteiger partial charge on any atom is 0 e. The molecule has 0 aromatic carbocycles. The minimum Gasteiger partial charge on any atom is -2.00 e. The van der Waals surface area contributed by atoms with Crippen molar-refractivity contribution in [2.75, 3.05) is 0 Å². The minimum atomic E-state index is 0. The molecule has 0 heterocycles. The van der Waals surface area contributed by atoms with Crippen molar-refractivity contribution in [2.45, 2.75) is 0 Å². The molecule has 0 spiro atoms. The van der Waals surface area contributed by atoms with Crippen molar-refractivity contribution in [1.82, 2.24) is 0 Å². The molecule has 15 heavy (non-hydrogen) atoms. The third-order valence-corrected chi connectivity index (χ3v) is 0. The summed E-state index contributed by atoms with van der Waals surface area (Å²) in [6.45, 7) is 0. The van der Waals surface area contributed by atoms with Crippen LogP contribution in [-0.2, 0) is 228 Å². The maximum absolute atomic E-state index is 0. The van der Waals surface area contributed by atoms with E-state index in [1.54, 1.807) is 0 Å². The Balaban J connectivity index is 0. The third-order valence-electron chi connectivity index (χ3n) is 0. The Kier molecular flexibility index (Phi) is 2720. The first kappa shape index (κ1) is 218. The first-order valence-electron chi connectivity index (χ1n) is 0. The first-order valence-corrected chi connectivity index (χ1v) is 0. The van der Waals surface area contributed by atoms with Crippen LogP contribution in [0.15, 0.2) is 0 Å². The van der Waals surface area contributed by atoms with Gasteiger partial charge in [0, 0.05) is 79.2 Å². The molecule has 0 unspecified atom stereocenters. The average Bonchev–Trinajstić information content (AvgIpc) is 0. The number of hydrogen-bond acceptors (Lipinski definition) is 0. The second-order valence-corrected chi connectivity index (χ2v) is 0. The summed E-state index contributed by atoms with van der Waals surface area (Å²) in [4.78, 5) is 0. The predicted molar refractivity (Wildman–Crippen MR) is 81.0 cm³/mol. The molecule has 0 nitrogen and oxygen atoms in total. The van der Waals surface area contributed by atoms with Crippen molar-refractivity contribution in [1.29, 1.82) is 0 Å². The summed E-state index contributed by atoms with van der Waals surface area (Å²) >= 11 is 0. The fraction of sp³-hybridized carbons (Fsp3) is 0. The molecule has 0 aromatic heterocycles. The quantitative estimate of drug-likeness (QED) is 0.325. The van der Waals surface area contributed by atoms with Crippen molar-refractivity contribution in [2.24, 2.45) is 0 Å². The van der Waals surface area contributed by atoms with E-state index in [9.17, 15) is 0 Å². The Morgan fingerprint density at radius 3 is 0.200 bits per heavy atom. The Morgan fingerprint density at radius 2 is 0.200 bits per heavy atom. The summed E-state index contributed by atoms with van der Waals surface area (Å²) in [5, 5.41) is 0. The zero-order valence-corrected chi connectivity index (χ0v) is 22.0. The number of hydrogen-bond donors (Lipinski definition) is 0. The SMILES string of the molecule is [Mo].[Mo].[S-2].[S-2].[S-2].[S-2].[S-2].[S-2].[S-2].[S-2].[S-2].[S-2].[S-2].[V].[V]. The van der Waals surface area contributed by atoms with Gasteiger partial charge in [-0.3, -0.25) is 0 Å². The normalized spacial score (nSPS) is 0. The van der Waals surface area contributed by atoms with Crippen LogP contribution in [-0.4, -0.2) is 0 Å². The Hall–Kier alpha value is 6.40. The Bertz CT molecular complexity index is 16.5. The van der Waals surface area contributed by atoms with E-state index >= 15 is 0 Å². The van der Waals surface area contributed by atoms with Crippen LogP contribution in [0.3, 0.4) is 0 Å². The van der Waals surface area contributed by atoms with Gasteiger partial charge in [-0.2, -0.15) is 0 Å². The molecule has 0 saturated carbocycles. The molecule has 0 rings (SSSR count). The average molecular weight is 647 g/mol. The van der Waals surface area contributed by atoms with E-state index in [4.69, 9.17) is 0 Å². The summed E-state index contributed by atoms with van der Waals surface area (Å²) in [6, 6.07) is 0. The van der Waals surface area contributed by atoms with Gasteiger partial charge in [0.05, 0.1) is 0 Å². The van der Waals surface area contributed by atoms with Gasteiger partial charge < -0.3 is 148 Å². The van der Waals surface area contributed by atoms with Crippen LogP contribution in [0.25, 0.3) is 0 Å². The minimum absolute atomic E-state index is 0. The molecule has 15 heteroatoms. The molecule has 0 aliphatic carbocycles. The maximum atomic E-state index is 0. The van der Waals surface area contributed by atoms with Crippen LogP contribution in [0.2, 0.25) is 0 Å². The molecule has 0 saturated heterocycles. The monoisotopic (exact) mass is 649 g/mol. The molecule has 0 aliphatic rings. The summed E-state index contributed by atoms with van der Waals surface area (Å²) in [6.07, 6.45) is 0. The molecule has 0 fully saturated rings. The fourth-order valence-corrected chi connectivity index (χ4v) is 0. The zero-order chi connectivity index (χ0) is 0. The second kappa shape index (κ2) is 188. The molecular formula is Mo2S11V2-22. The molecule has 0 aromatic rings. The molecule has 0 atom stereocenters. The fourth-order valence-electron chi connectivity index (χ4n) is 0. The van der Waals surface area contributed by atoms with E-state index in [2.05, 4.69) is 0 Å². The van der Waals surface area contributed by atoms with Crippen molar-refractivity contribution >= 4 is 148 Å². The second-order valence-electron chi connectivity index (χ2n) is 0. The van der Waals surface area contributed by atoms with Crippen LogP contribution in [0.5, 0.6) is 0 Å². The van der Waals surface area contributed by atoms with E-state index in [0.29, 0.717) is 0 Å². The molecule has 2 radical (unpaired) electrons. The van der Waals surface area contributed by atoms with Crippen LogP contribution < -0.4 is 0 Å². The molecule has 0 N–H and O–H groups in total. The van der Waals surface area contributed by atoms with Gasteiger partial charge in [0.1, 0.15) is 0 Å². The van der Waals surface area contributed by atoms with Crippen LogP contribution in [0, 0.1) is 0 Å². The van der Waals surface area contributed by atoms with E-state index in [1.807, 2.05) is 0 Å². The van der Waals surface area contributed by atoms with Gasteiger partial charge in [-0.25, -0.2) is 0 Å². The largest absolute Gasteiger partial charge is 2.00 e. The van der Waals surface area contributed by atoms with Gasteiger partial charge in [-0.1, -0.05) is 0 Å². The van der Waals surface area contributed by atoms with Crippen LogP contribution in [0.4, 0.5) is 0 Å². The summed E-state index contributed by atoms with van der Waals surface area (Å²) in [7, 11) is 0. The van der Waals surface area contributed by atoms with Gasteiger partial charge in [-0.05, 0) is 0 Å². The summed E-state index contributed by atoms with van der Waals surface area (Å²) < 4.78 is 0. The van der Waals surface area contributed by atoms with E-state index in [0.717, 1.165) is 0 Å². The predicted octanol–water partition coefficient (Wildman–Crippen LogP) is -0.0364. The van der Waals surface area contributed by atoms with Crippen molar-refractivity contribution in [3.8, 4) is 0 Å². The van der Waals surface area contributed by atoms with E-state index < -0.39 is 0 Å². The molecule has 0 bridgehead atoms. The van der Waals surface area contributed by atoms with E-state index in [-0.39, 0.29) is 228 Å². The van der Waals surface area contributed by atoms with Gasteiger partial charge in [-0.15, -0.1) is 0 Å². The Morgan fingerprint density at radius 1 is 0.200 bits per heavy atom. The Labute approximate surface area is 223 Å². The van der Waals surface area contributed by atoms with Crippen molar-refractivity contribution in [3.63, 3.8) is 0 Å². The smallest absolute Gasteiger partial charge is 0 e. The summed E-state index contributed by atoms with van der Waals surface area (Å²) in [5.74, 6) is 0. The first-order chi connectivity index (χ1) is 0. The molecular weight excluding hydrogens is 647 g/mol. The molecule has 110 valence electrons. The standard InChI is InChI=1S/2Mo.11S.2V/q;;11*-2;;. The zero-order valence-electron chi connectivity index (χ0n) is 6.20. The number of rotatable bonds is 0. The van der Waals surface area contributed by atoms with Gasteiger partial charge in [0.25, 0.3) is 0 Å². The van der Waals surface area contributed by atoms with Crippen LogP contribution in [0.1, 0.15) is 0 Å². The van der Waals surface area contributed by atoms with Gasteiger partial charge in [0.15, 0.2) is 0 Å². The van der Waals surface area contributed by atoms with Gasteiger partial charge in [0.2, 0.25) is 0 Å². The molecule has 0 amide bonds. The third kappa shape index (κ3) is 169. The van der Waals surface area contributed by atoms with Gasteiger partial charge >= 0.3 is 0 Å². The van der Waals surface area contributed by atoms with E-state index in [1.165, 1.54) is 0 Å². The summed E-state index contributed by atoms with van der Waals surface area (Å²) in [5.41, 5.74) is 0. The topological polar surface area (TPSA) is 0 Å². The molecule has 0 aliphatic heterocycles. The van der Waals surface area contributed by atoms with Crippen LogP contribution >= 0.6 is 0 Å². The van der Waals surface area contributed by atoms with Crippen molar-refractivity contribution < 1.29 is 79.2 Å².